The van der Waals surface area contributed by atoms with Gasteiger partial charge in [0.15, 0.2) is 0 Å². The van der Waals surface area contributed by atoms with Crippen LogP contribution in [0.3, 0.4) is 0 Å². The van der Waals surface area contributed by atoms with Crippen molar-refractivity contribution in [3.05, 3.63) is 47.2 Å². The molecule has 2 aromatic rings. The highest BCUT2D eigenvalue weighted by molar-refractivity contribution is 5.78. The minimum Gasteiger partial charge on any atom is -0.459 e. The summed E-state index contributed by atoms with van der Waals surface area (Å²) in [6, 6.07) is 8.52. The molecule has 0 aliphatic carbocycles. The number of likely N-dealkylation sites (N-methyl/N-ethyl adjacent to an activating group) is 1. The molecule has 1 N–H and O–H groups in total. The Kier molecular flexibility index (Phi) is 3.34. The van der Waals surface area contributed by atoms with Crippen LogP contribution >= 0.6 is 0 Å². The van der Waals surface area contributed by atoms with Gasteiger partial charge in [0.2, 0.25) is 0 Å². The number of allylic oxidation sites excluding steroid dienone is 1. The van der Waals surface area contributed by atoms with E-state index in [0.29, 0.717) is 0 Å². The number of fused-ring (bicyclic) bond motifs is 1. The lowest BCUT2D eigenvalue weighted by atomic mass is 10.1. The van der Waals surface area contributed by atoms with Gasteiger partial charge in [-0.1, -0.05) is 23.3 Å². The standard InChI is InChI=1S/C15H19NO/c1-10(2)7-13(16-4)15-9-12-8-11(3)5-6-14(12)17-15/h5-9,13,16H,1-4H3. The van der Waals surface area contributed by atoms with Crippen molar-refractivity contribution in [2.24, 2.45) is 0 Å². The van der Waals surface area contributed by atoms with E-state index in [1.54, 1.807) is 0 Å². The molecule has 90 valence electrons. The third-order valence-electron chi connectivity index (χ3n) is 2.81. The van der Waals surface area contributed by atoms with E-state index in [0.717, 1.165) is 11.3 Å². The second-order valence-electron chi connectivity index (χ2n) is 4.70. The highest BCUT2D eigenvalue weighted by atomic mass is 16.3. The van der Waals surface area contributed by atoms with Crippen molar-refractivity contribution in [1.29, 1.82) is 0 Å². The molecule has 1 atom stereocenters. The van der Waals surface area contributed by atoms with Crippen molar-refractivity contribution in [1.82, 2.24) is 5.32 Å². The van der Waals surface area contributed by atoms with Gasteiger partial charge in [0.05, 0.1) is 6.04 Å². The Bertz CT molecular complexity index is 547. The summed E-state index contributed by atoms with van der Waals surface area (Å²) in [5, 5.41) is 4.42. The number of nitrogens with one attached hydrogen (secondary N) is 1. The van der Waals surface area contributed by atoms with Gasteiger partial charge in [-0.15, -0.1) is 0 Å². The largest absolute Gasteiger partial charge is 0.459 e. The molecule has 0 aliphatic heterocycles. The Balaban J connectivity index is 2.44. The molecule has 2 rings (SSSR count). The monoisotopic (exact) mass is 229 g/mol. The van der Waals surface area contributed by atoms with Crippen LogP contribution in [0.2, 0.25) is 0 Å². The van der Waals surface area contributed by atoms with Crippen LogP contribution in [0, 0.1) is 6.92 Å². The predicted molar refractivity (Wildman–Crippen MR) is 72.2 cm³/mol. The zero-order valence-electron chi connectivity index (χ0n) is 10.9. The number of furan rings is 1. The van der Waals surface area contributed by atoms with Gasteiger partial charge < -0.3 is 9.73 Å². The fourth-order valence-corrected chi connectivity index (χ4v) is 1.98. The van der Waals surface area contributed by atoms with Gasteiger partial charge >= 0.3 is 0 Å². The van der Waals surface area contributed by atoms with E-state index in [9.17, 15) is 0 Å². The molecule has 0 saturated heterocycles. The molecule has 0 amide bonds. The van der Waals surface area contributed by atoms with Crippen LogP contribution in [-0.2, 0) is 0 Å². The molecule has 1 aromatic heterocycles. The minimum atomic E-state index is 0.146. The van der Waals surface area contributed by atoms with Crippen molar-refractivity contribution in [3.8, 4) is 0 Å². The predicted octanol–water partition coefficient (Wildman–Crippen LogP) is 3.97. The van der Waals surface area contributed by atoms with Gasteiger partial charge in [0.25, 0.3) is 0 Å². The maximum absolute atomic E-state index is 5.87. The Morgan fingerprint density at radius 2 is 2.06 bits per heavy atom. The van der Waals surface area contributed by atoms with Crippen LogP contribution in [-0.4, -0.2) is 7.05 Å². The summed E-state index contributed by atoms with van der Waals surface area (Å²) in [6.07, 6.45) is 2.17. The molecule has 1 heterocycles. The number of aryl methyl sites for hydroxylation is 1. The van der Waals surface area contributed by atoms with Crippen molar-refractivity contribution < 1.29 is 4.42 Å². The summed E-state index contributed by atoms with van der Waals surface area (Å²) < 4.78 is 5.87. The zero-order valence-corrected chi connectivity index (χ0v) is 10.9. The molecular weight excluding hydrogens is 210 g/mol. The zero-order chi connectivity index (χ0) is 12.4. The molecule has 0 radical (unpaired) electrons. The molecule has 0 saturated carbocycles. The van der Waals surface area contributed by atoms with E-state index in [-0.39, 0.29) is 6.04 Å². The van der Waals surface area contributed by atoms with Crippen LogP contribution in [0.4, 0.5) is 0 Å². The van der Waals surface area contributed by atoms with Gasteiger partial charge in [-0.25, -0.2) is 0 Å². The topological polar surface area (TPSA) is 25.2 Å². The van der Waals surface area contributed by atoms with E-state index in [2.05, 4.69) is 50.4 Å². The summed E-state index contributed by atoms with van der Waals surface area (Å²) >= 11 is 0. The van der Waals surface area contributed by atoms with Crippen molar-refractivity contribution in [2.75, 3.05) is 7.05 Å². The molecule has 1 aromatic carbocycles. The molecule has 2 nitrogen and oxygen atoms in total. The third-order valence-corrected chi connectivity index (χ3v) is 2.81. The van der Waals surface area contributed by atoms with E-state index in [1.165, 1.54) is 16.5 Å². The first-order valence-electron chi connectivity index (χ1n) is 5.92. The highest BCUT2D eigenvalue weighted by Crippen LogP contribution is 2.25. The number of hydrogen-bond acceptors (Lipinski definition) is 2. The molecule has 0 spiro atoms. The average Bonchev–Trinajstić information content (AvgIpc) is 2.68. The SMILES string of the molecule is CNC(C=C(C)C)c1cc2cc(C)ccc2o1. The van der Waals surface area contributed by atoms with Crippen LogP contribution in [0.1, 0.15) is 31.2 Å². The first kappa shape index (κ1) is 11.9. The van der Waals surface area contributed by atoms with Crippen LogP contribution in [0.15, 0.2) is 40.3 Å². The van der Waals surface area contributed by atoms with Gasteiger partial charge in [-0.3, -0.25) is 0 Å². The number of hydrogen-bond donors (Lipinski definition) is 1. The molecular formula is C15H19NO. The number of benzene rings is 1. The lowest BCUT2D eigenvalue weighted by Crippen LogP contribution is -2.13. The summed E-state index contributed by atoms with van der Waals surface area (Å²) in [5.41, 5.74) is 3.49. The minimum absolute atomic E-state index is 0.146. The average molecular weight is 229 g/mol. The quantitative estimate of drug-likeness (QED) is 0.806. The molecule has 0 bridgehead atoms. The van der Waals surface area contributed by atoms with Gasteiger partial charge in [-0.2, -0.15) is 0 Å². The summed E-state index contributed by atoms with van der Waals surface area (Å²) in [4.78, 5) is 0. The lowest BCUT2D eigenvalue weighted by molar-refractivity contribution is 0.497. The van der Waals surface area contributed by atoms with Crippen LogP contribution < -0.4 is 5.32 Å². The summed E-state index contributed by atoms with van der Waals surface area (Å²) in [5.74, 6) is 0.967. The Morgan fingerprint density at radius 1 is 1.29 bits per heavy atom. The van der Waals surface area contributed by atoms with E-state index < -0.39 is 0 Å². The summed E-state index contributed by atoms with van der Waals surface area (Å²) in [7, 11) is 1.95. The van der Waals surface area contributed by atoms with Crippen molar-refractivity contribution in [3.63, 3.8) is 0 Å². The Labute approximate surface area is 102 Å². The molecule has 0 aliphatic rings. The van der Waals surface area contributed by atoms with E-state index in [4.69, 9.17) is 4.42 Å². The fraction of sp³-hybridized carbons (Fsp3) is 0.333. The first-order chi connectivity index (χ1) is 8.10. The summed E-state index contributed by atoms with van der Waals surface area (Å²) in [6.45, 7) is 6.28. The maximum atomic E-state index is 5.87. The molecule has 0 fully saturated rings. The second kappa shape index (κ2) is 4.76. The van der Waals surface area contributed by atoms with Gasteiger partial charge in [0.1, 0.15) is 11.3 Å². The molecule has 1 unspecified atom stereocenters. The Morgan fingerprint density at radius 3 is 2.71 bits per heavy atom. The van der Waals surface area contributed by atoms with Crippen molar-refractivity contribution in [2.45, 2.75) is 26.8 Å². The van der Waals surface area contributed by atoms with E-state index in [1.807, 2.05) is 13.1 Å². The fourth-order valence-electron chi connectivity index (χ4n) is 1.98. The maximum Gasteiger partial charge on any atom is 0.134 e. The normalized spacial score (nSPS) is 12.7. The lowest BCUT2D eigenvalue weighted by Gasteiger charge is -2.08. The second-order valence-corrected chi connectivity index (χ2v) is 4.70. The smallest absolute Gasteiger partial charge is 0.134 e. The first-order valence-corrected chi connectivity index (χ1v) is 5.92. The van der Waals surface area contributed by atoms with Crippen LogP contribution in [0.25, 0.3) is 11.0 Å². The highest BCUT2D eigenvalue weighted by Gasteiger charge is 2.11. The molecule has 17 heavy (non-hydrogen) atoms. The molecule has 2 heteroatoms. The van der Waals surface area contributed by atoms with Gasteiger partial charge in [0, 0.05) is 5.39 Å². The van der Waals surface area contributed by atoms with Gasteiger partial charge in [-0.05, 0) is 46.0 Å². The number of rotatable bonds is 3. The third kappa shape index (κ3) is 2.59. The Hall–Kier alpha value is -1.54. The van der Waals surface area contributed by atoms with Crippen molar-refractivity contribution >= 4 is 11.0 Å². The van der Waals surface area contributed by atoms with E-state index >= 15 is 0 Å². The van der Waals surface area contributed by atoms with Crippen LogP contribution in [0.5, 0.6) is 0 Å².